The molecule has 1 saturated heterocycles. The molecule has 0 bridgehead atoms. The van der Waals surface area contributed by atoms with Crippen molar-refractivity contribution < 1.29 is 9.18 Å². The average Bonchev–Trinajstić information content (AvgIpc) is 3.35. The van der Waals surface area contributed by atoms with Crippen molar-refractivity contribution in [3.8, 4) is 0 Å². The Morgan fingerprint density at radius 3 is 2.60 bits per heavy atom. The number of carbonyl (C=O) groups excluding carboxylic acids is 1. The van der Waals surface area contributed by atoms with Gasteiger partial charge in [0.2, 0.25) is 11.9 Å². The molecule has 6 nitrogen and oxygen atoms in total. The summed E-state index contributed by atoms with van der Waals surface area (Å²) in [4.78, 5) is 33.0. The summed E-state index contributed by atoms with van der Waals surface area (Å²) in [6, 6.07) is 15.5. The average molecular weight is 511 g/mol. The van der Waals surface area contributed by atoms with Crippen LogP contribution in [0.25, 0.3) is 10.2 Å². The van der Waals surface area contributed by atoms with Gasteiger partial charge in [0.05, 0.1) is 12.1 Å². The minimum absolute atomic E-state index is 0.00881. The van der Waals surface area contributed by atoms with Crippen LogP contribution in [0.3, 0.4) is 0 Å². The van der Waals surface area contributed by atoms with E-state index in [9.17, 15) is 14.0 Å². The zero-order chi connectivity index (χ0) is 24.4. The van der Waals surface area contributed by atoms with Crippen molar-refractivity contribution in [1.82, 2.24) is 14.9 Å². The number of thiophene rings is 1. The Bertz CT molecular complexity index is 1410. The summed E-state index contributed by atoms with van der Waals surface area (Å²) in [5.41, 5.74) is 2.27. The first-order valence-electron chi connectivity index (χ1n) is 11.5. The lowest BCUT2D eigenvalue weighted by Crippen LogP contribution is -2.42. The second kappa shape index (κ2) is 10.2. The first-order valence-corrected chi connectivity index (χ1v) is 12.7. The van der Waals surface area contributed by atoms with E-state index in [1.54, 1.807) is 16.7 Å². The van der Waals surface area contributed by atoms with Gasteiger partial charge < -0.3 is 10.2 Å². The third-order valence-electron chi connectivity index (χ3n) is 6.36. The minimum atomic E-state index is -0.317. The number of amides is 1. The molecule has 0 saturated carbocycles. The van der Waals surface area contributed by atoms with Crippen LogP contribution in [0.5, 0.6) is 0 Å². The van der Waals surface area contributed by atoms with Crippen LogP contribution in [-0.4, -0.2) is 28.5 Å². The quantitative estimate of drug-likeness (QED) is 0.403. The largest absolute Gasteiger partial charge is 0.352 e. The van der Waals surface area contributed by atoms with Crippen molar-refractivity contribution in [2.45, 2.75) is 25.9 Å². The number of rotatable bonds is 6. The van der Waals surface area contributed by atoms with E-state index < -0.39 is 0 Å². The van der Waals surface area contributed by atoms with Crippen molar-refractivity contribution in [3.63, 3.8) is 0 Å². The highest BCUT2D eigenvalue weighted by Gasteiger charge is 2.28. The molecule has 3 heterocycles. The Morgan fingerprint density at radius 2 is 1.86 bits per heavy atom. The van der Waals surface area contributed by atoms with E-state index in [0.717, 1.165) is 11.1 Å². The van der Waals surface area contributed by atoms with Crippen LogP contribution in [0.2, 0.25) is 5.02 Å². The van der Waals surface area contributed by atoms with Crippen LogP contribution in [-0.2, 0) is 17.9 Å². The number of nitrogens with one attached hydrogen (secondary N) is 1. The van der Waals surface area contributed by atoms with Crippen molar-refractivity contribution in [2.24, 2.45) is 5.92 Å². The van der Waals surface area contributed by atoms with E-state index in [0.29, 0.717) is 60.2 Å². The molecule has 2 aromatic carbocycles. The number of hydrogen-bond acceptors (Lipinski definition) is 5. The summed E-state index contributed by atoms with van der Waals surface area (Å²) in [6.45, 7) is 1.91. The number of carbonyl (C=O) groups is 1. The summed E-state index contributed by atoms with van der Waals surface area (Å²) >= 11 is 7.57. The van der Waals surface area contributed by atoms with Crippen LogP contribution < -0.4 is 15.8 Å². The molecular weight excluding hydrogens is 487 g/mol. The van der Waals surface area contributed by atoms with Crippen molar-refractivity contribution in [3.05, 3.63) is 92.3 Å². The highest BCUT2D eigenvalue weighted by molar-refractivity contribution is 7.17. The number of nitrogens with zero attached hydrogens (tertiary/aromatic N) is 3. The number of hydrogen-bond donors (Lipinski definition) is 1. The second-order valence-electron chi connectivity index (χ2n) is 8.64. The smallest absolute Gasteiger partial charge is 0.273 e. The van der Waals surface area contributed by atoms with Gasteiger partial charge in [0.15, 0.2) is 0 Å². The fraction of sp³-hybridized carbons (Fsp3) is 0.269. The van der Waals surface area contributed by atoms with E-state index >= 15 is 0 Å². The summed E-state index contributed by atoms with van der Waals surface area (Å²) in [5, 5.41) is 5.50. The normalized spacial score (nSPS) is 14.4. The molecule has 0 spiro atoms. The van der Waals surface area contributed by atoms with Crippen molar-refractivity contribution in [1.29, 1.82) is 0 Å². The number of aromatic nitrogens is 2. The lowest BCUT2D eigenvalue weighted by Gasteiger charge is -2.33. The summed E-state index contributed by atoms with van der Waals surface area (Å²) < 4.78 is 15.6. The van der Waals surface area contributed by atoms with Crippen LogP contribution in [0, 0.1) is 11.7 Å². The van der Waals surface area contributed by atoms with Crippen molar-refractivity contribution in [2.75, 3.05) is 18.0 Å². The van der Waals surface area contributed by atoms with E-state index in [1.807, 2.05) is 35.7 Å². The number of halogens is 2. The maximum atomic E-state index is 13.4. The fourth-order valence-corrected chi connectivity index (χ4v) is 5.38. The molecule has 2 aromatic heterocycles. The molecule has 9 heteroatoms. The summed E-state index contributed by atoms with van der Waals surface area (Å²) in [6.07, 6.45) is 1.31. The van der Waals surface area contributed by atoms with Gasteiger partial charge in [0.25, 0.3) is 5.56 Å². The van der Waals surface area contributed by atoms with Gasteiger partial charge in [-0.1, -0.05) is 41.9 Å². The van der Waals surface area contributed by atoms with Gasteiger partial charge in [-0.2, -0.15) is 0 Å². The molecule has 0 aliphatic carbocycles. The topological polar surface area (TPSA) is 67.2 Å². The van der Waals surface area contributed by atoms with Gasteiger partial charge in [0.1, 0.15) is 10.5 Å². The molecule has 35 heavy (non-hydrogen) atoms. The third-order valence-corrected chi connectivity index (χ3v) is 7.62. The predicted molar refractivity (Wildman–Crippen MR) is 138 cm³/mol. The molecule has 1 fully saturated rings. The standard InChI is InChI=1S/C26H24ClFN4O2S/c27-21-4-2-1-3-19(21)15-29-24(33)18-9-12-31(13-10-18)26-30-22-11-14-35-23(22)25(34)32(26)16-17-5-7-20(28)8-6-17/h1-8,11,14,18H,9-10,12-13,15-16H2,(H,29,33). The first-order chi connectivity index (χ1) is 17.0. The Balaban J connectivity index is 1.32. The number of anilines is 1. The van der Waals surface area contributed by atoms with Gasteiger partial charge in [-0.25, -0.2) is 9.37 Å². The van der Waals surface area contributed by atoms with Crippen LogP contribution >= 0.6 is 22.9 Å². The second-order valence-corrected chi connectivity index (χ2v) is 9.96. The maximum absolute atomic E-state index is 13.4. The Labute approximate surface area is 211 Å². The predicted octanol–water partition coefficient (Wildman–Crippen LogP) is 4.83. The highest BCUT2D eigenvalue weighted by Crippen LogP contribution is 2.25. The molecule has 1 aliphatic rings. The summed E-state index contributed by atoms with van der Waals surface area (Å²) in [7, 11) is 0. The van der Waals surface area contributed by atoms with Crippen LogP contribution in [0.4, 0.5) is 10.3 Å². The monoisotopic (exact) mass is 510 g/mol. The van der Waals surface area contributed by atoms with Crippen LogP contribution in [0.15, 0.2) is 64.8 Å². The molecular formula is C26H24ClFN4O2S. The number of benzene rings is 2. The molecule has 0 radical (unpaired) electrons. The SMILES string of the molecule is O=C(NCc1ccccc1Cl)C1CCN(c2nc3ccsc3c(=O)n2Cc2ccc(F)cc2)CC1. The third kappa shape index (κ3) is 5.09. The molecule has 0 unspecified atom stereocenters. The van der Waals surface area contributed by atoms with Gasteiger partial charge in [-0.05, 0) is 53.6 Å². The Kier molecular flexibility index (Phi) is 6.83. The zero-order valence-corrected chi connectivity index (χ0v) is 20.5. The molecule has 1 N–H and O–H groups in total. The minimum Gasteiger partial charge on any atom is -0.352 e. The Morgan fingerprint density at radius 1 is 1.11 bits per heavy atom. The zero-order valence-electron chi connectivity index (χ0n) is 18.9. The molecule has 180 valence electrons. The van der Waals surface area contributed by atoms with Gasteiger partial charge in [-0.15, -0.1) is 11.3 Å². The van der Waals surface area contributed by atoms with Gasteiger partial charge in [-0.3, -0.25) is 14.2 Å². The van der Waals surface area contributed by atoms with E-state index in [1.165, 1.54) is 23.5 Å². The Hall–Kier alpha value is -3.23. The molecule has 1 amide bonds. The fourth-order valence-electron chi connectivity index (χ4n) is 4.40. The number of piperidine rings is 1. The lowest BCUT2D eigenvalue weighted by atomic mass is 9.96. The van der Waals surface area contributed by atoms with Gasteiger partial charge in [0, 0.05) is 30.6 Å². The molecule has 0 atom stereocenters. The lowest BCUT2D eigenvalue weighted by molar-refractivity contribution is -0.125. The molecule has 5 rings (SSSR count). The van der Waals surface area contributed by atoms with Gasteiger partial charge >= 0.3 is 0 Å². The number of fused-ring (bicyclic) bond motifs is 1. The highest BCUT2D eigenvalue weighted by atomic mass is 35.5. The summed E-state index contributed by atoms with van der Waals surface area (Å²) in [5.74, 6) is 0.161. The maximum Gasteiger partial charge on any atom is 0.273 e. The van der Waals surface area contributed by atoms with E-state index in [4.69, 9.17) is 16.6 Å². The first kappa shape index (κ1) is 23.5. The molecule has 1 aliphatic heterocycles. The van der Waals surface area contributed by atoms with Crippen LogP contribution in [0.1, 0.15) is 24.0 Å². The van der Waals surface area contributed by atoms with Crippen molar-refractivity contribution >= 4 is 45.0 Å². The molecule has 4 aromatic rings. The van der Waals surface area contributed by atoms with E-state index in [-0.39, 0.29) is 23.2 Å². The van der Waals surface area contributed by atoms with E-state index in [2.05, 4.69) is 10.2 Å².